The number of hydrogen-bond acceptors (Lipinski definition) is 3. The highest BCUT2D eigenvalue weighted by Gasteiger charge is 2.33. The number of aliphatic hydroxyl groups excluding tert-OH is 1. The Labute approximate surface area is 126 Å². The van der Waals surface area contributed by atoms with Crippen LogP contribution in [0.3, 0.4) is 0 Å². The van der Waals surface area contributed by atoms with Crippen molar-refractivity contribution in [1.29, 1.82) is 0 Å². The number of benzene rings is 1. The molecule has 0 saturated heterocycles. The molecule has 1 aliphatic rings. The maximum absolute atomic E-state index is 9.80. The molecule has 1 saturated carbocycles. The van der Waals surface area contributed by atoms with Gasteiger partial charge >= 0.3 is 0 Å². The SMILES string of the molecule is COc1ccc(Cl)cc1CNC1(CO)CCCC(C)C1. The number of rotatable bonds is 5. The first-order valence-electron chi connectivity index (χ1n) is 7.27. The van der Waals surface area contributed by atoms with E-state index in [4.69, 9.17) is 16.3 Å². The zero-order valence-electron chi connectivity index (χ0n) is 12.3. The zero-order valence-corrected chi connectivity index (χ0v) is 13.0. The summed E-state index contributed by atoms with van der Waals surface area (Å²) in [5.74, 6) is 1.49. The average molecular weight is 298 g/mol. The maximum atomic E-state index is 9.80. The summed E-state index contributed by atoms with van der Waals surface area (Å²) in [7, 11) is 1.66. The van der Waals surface area contributed by atoms with Crippen LogP contribution in [0, 0.1) is 5.92 Å². The third-order valence-electron chi connectivity index (χ3n) is 4.29. The fourth-order valence-electron chi connectivity index (χ4n) is 3.19. The Hall–Kier alpha value is -0.770. The second-order valence-corrected chi connectivity index (χ2v) is 6.39. The Balaban J connectivity index is 2.08. The lowest BCUT2D eigenvalue weighted by Gasteiger charge is -2.39. The second kappa shape index (κ2) is 6.79. The Bertz CT molecular complexity index is 452. The summed E-state index contributed by atoms with van der Waals surface area (Å²) in [4.78, 5) is 0. The van der Waals surface area contributed by atoms with Crippen LogP contribution in [0.2, 0.25) is 5.02 Å². The maximum Gasteiger partial charge on any atom is 0.123 e. The van der Waals surface area contributed by atoms with Gasteiger partial charge in [-0.1, -0.05) is 31.4 Å². The van der Waals surface area contributed by atoms with E-state index >= 15 is 0 Å². The van der Waals surface area contributed by atoms with E-state index in [0.717, 1.165) is 24.2 Å². The Morgan fingerprint density at radius 1 is 1.50 bits per heavy atom. The van der Waals surface area contributed by atoms with E-state index in [9.17, 15) is 5.11 Å². The molecule has 1 aromatic carbocycles. The van der Waals surface area contributed by atoms with Crippen molar-refractivity contribution in [2.24, 2.45) is 5.92 Å². The van der Waals surface area contributed by atoms with Gasteiger partial charge in [-0.15, -0.1) is 0 Å². The number of ether oxygens (including phenoxy) is 1. The summed E-state index contributed by atoms with van der Waals surface area (Å²) in [6.07, 6.45) is 4.47. The summed E-state index contributed by atoms with van der Waals surface area (Å²) in [6.45, 7) is 3.10. The van der Waals surface area contributed by atoms with Crippen LogP contribution in [0.25, 0.3) is 0 Å². The van der Waals surface area contributed by atoms with Crippen LogP contribution < -0.4 is 10.1 Å². The van der Waals surface area contributed by atoms with Gasteiger partial charge < -0.3 is 15.2 Å². The van der Waals surface area contributed by atoms with E-state index in [2.05, 4.69) is 12.2 Å². The lowest BCUT2D eigenvalue weighted by Crippen LogP contribution is -2.51. The van der Waals surface area contributed by atoms with E-state index in [1.165, 1.54) is 12.8 Å². The largest absolute Gasteiger partial charge is 0.496 e. The lowest BCUT2D eigenvalue weighted by molar-refractivity contribution is 0.0980. The number of halogens is 1. The molecular weight excluding hydrogens is 274 g/mol. The minimum atomic E-state index is -0.162. The number of nitrogens with one attached hydrogen (secondary N) is 1. The molecule has 0 heterocycles. The molecule has 0 aliphatic heterocycles. The van der Waals surface area contributed by atoms with Gasteiger partial charge in [0.1, 0.15) is 5.75 Å². The fourth-order valence-corrected chi connectivity index (χ4v) is 3.38. The number of hydrogen-bond donors (Lipinski definition) is 2. The molecule has 1 fully saturated rings. The van der Waals surface area contributed by atoms with E-state index in [-0.39, 0.29) is 12.1 Å². The molecule has 112 valence electrons. The van der Waals surface area contributed by atoms with Crippen LogP contribution in [0.1, 0.15) is 38.2 Å². The van der Waals surface area contributed by atoms with Crippen molar-refractivity contribution in [3.8, 4) is 5.75 Å². The third-order valence-corrected chi connectivity index (χ3v) is 4.53. The van der Waals surface area contributed by atoms with Crippen molar-refractivity contribution < 1.29 is 9.84 Å². The summed E-state index contributed by atoms with van der Waals surface area (Å²) in [5.41, 5.74) is 0.872. The van der Waals surface area contributed by atoms with Gasteiger partial charge in [0.05, 0.1) is 13.7 Å². The summed E-state index contributed by atoms with van der Waals surface area (Å²) in [6, 6.07) is 5.63. The van der Waals surface area contributed by atoms with Crippen molar-refractivity contribution >= 4 is 11.6 Å². The highest BCUT2D eigenvalue weighted by molar-refractivity contribution is 6.30. The van der Waals surface area contributed by atoms with Crippen LogP contribution >= 0.6 is 11.6 Å². The predicted molar refractivity (Wildman–Crippen MR) is 82.3 cm³/mol. The molecule has 2 atom stereocenters. The van der Waals surface area contributed by atoms with Crippen LogP contribution in [-0.2, 0) is 6.54 Å². The number of methoxy groups -OCH3 is 1. The molecule has 20 heavy (non-hydrogen) atoms. The van der Waals surface area contributed by atoms with E-state index < -0.39 is 0 Å². The highest BCUT2D eigenvalue weighted by Crippen LogP contribution is 2.33. The van der Waals surface area contributed by atoms with Crippen LogP contribution in [-0.4, -0.2) is 24.4 Å². The zero-order chi connectivity index (χ0) is 14.6. The van der Waals surface area contributed by atoms with Crippen molar-refractivity contribution in [3.63, 3.8) is 0 Å². The van der Waals surface area contributed by atoms with Gasteiger partial charge in [-0.05, 0) is 37.0 Å². The first-order chi connectivity index (χ1) is 9.58. The molecule has 1 aliphatic carbocycles. The van der Waals surface area contributed by atoms with Crippen molar-refractivity contribution in [2.45, 2.75) is 44.7 Å². The molecule has 2 rings (SSSR count). The topological polar surface area (TPSA) is 41.5 Å². The molecule has 0 spiro atoms. The van der Waals surface area contributed by atoms with Gasteiger partial charge in [0.25, 0.3) is 0 Å². The van der Waals surface area contributed by atoms with Gasteiger partial charge in [-0.3, -0.25) is 0 Å². The first-order valence-corrected chi connectivity index (χ1v) is 7.65. The normalized spacial score (nSPS) is 26.5. The second-order valence-electron chi connectivity index (χ2n) is 5.95. The Morgan fingerprint density at radius 2 is 2.30 bits per heavy atom. The van der Waals surface area contributed by atoms with E-state index in [0.29, 0.717) is 17.5 Å². The molecule has 3 nitrogen and oxygen atoms in total. The number of aliphatic hydroxyl groups is 1. The lowest BCUT2D eigenvalue weighted by atomic mass is 9.77. The summed E-state index contributed by atoms with van der Waals surface area (Å²) in [5, 5.41) is 14.0. The third kappa shape index (κ3) is 3.66. The smallest absolute Gasteiger partial charge is 0.123 e. The van der Waals surface area contributed by atoms with Gasteiger partial charge in [-0.2, -0.15) is 0 Å². The van der Waals surface area contributed by atoms with Crippen LogP contribution in [0.15, 0.2) is 18.2 Å². The quantitative estimate of drug-likeness (QED) is 0.875. The molecule has 2 unspecified atom stereocenters. The Morgan fingerprint density at radius 3 is 2.95 bits per heavy atom. The molecule has 0 bridgehead atoms. The first kappa shape index (κ1) is 15.6. The van der Waals surface area contributed by atoms with Crippen molar-refractivity contribution in [3.05, 3.63) is 28.8 Å². The van der Waals surface area contributed by atoms with Crippen LogP contribution in [0.5, 0.6) is 5.75 Å². The minimum absolute atomic E-state index is 0.162. The molecule has 0 radical (unpaired) electrons. The average Bonchev–Trinajstić information content (AvgIpc) is 2.45. The molecular formula is C16H24ClNO2. The monoisotopic (exact) mass is 297 g/mol. The standard InChI is InChI=1S/C16H24ClNO2/c1-12-4-3-7-16(9-12,11-19)18-10-13-8-14(17)5-6-15(13)20-2/h5-6,8,12,18-19H,3-4,7,9-11H2,1-2H3. The van der Waals surface area contributed by atoms with Gasteiger partial charge in [-0.25, -0.2) is 0 Å². The van der Waals surface area contributed by atoms with E-state index in [1.54, 1.807) is 7.11 Å². The van der Waals surface area contributed by atoms with Crippen molar-refractivity contribution in [2.75, 3.05) is 13.7 Å². The summed E-state index contributed by atoms with van der Waals surface area (Å²) < 4.78 is 5.37. The van der Waals surface area contributed by atoms with Crippen molar-refractivity contribution in [1.82, 2.24) is 5.32 Å². The van der Waals surface area contributed by atoms with Gasteiger partial charge in [0.15, 0.2) is 0 Å². The minimum Gasteiger partial charge on any atom is -0.496 e. The highest BCUT2D eigenvalue weighted by atomic mass is 35.5. The predicted octanol–water partition coefficient (Wildman–Crippen LogP) is 3.38. The van der Waals surface area contributed by atoms with Crippen LogP contribution in [0.4, 0.5) is 0 Å². The molecule has 2 N–H and O–H groups in total. The molecule has 0 amide bonds. The molecule has 0 aromatic heterocycles. The molecule has 1 aromatic rings. The Kier molecular flexibility index (Phi) is 5.30. The fraction of sp³-hybridized carbons (Fsp3) is 0.625. The van der Waals surface area contributed by atoms with Gasteiger partial charge in [0, 0.05) is 22.7 Å². The molecule has 4 heteroatoms. The summed E-state index contributed by atoms with van der Waals surface area (Å²) >= 11 is 6.05. The van der Waals surface area contributed by atoms with Gasteiger partial charge in [0.2, 0.25) is 0 Å². The van der Waals surface area contributed by atoms with E-state index in [1.807, 2.05) is 18.2 Å².